The standard InChI is InChI=1S/C17H31B/c1-2-4-8-15(9-5-3-1)14-18-16-10-6-11-17(18)13-7-12-16/h15-17H,1-14H2. The topological polar surface area (TPSA) is 0 Å². The first-order valence-corrected chi connectivity index (χ1v) is 8.93. The Bertz CT molecular complexity index is 220. The van der Waals surface area contributed by atoms with Gasteiger partial charge in [0.25, 0.3) is 0 Å². The molecule has 1 aliphatic carbocycles. The van der Waals surface area contributed by atoms with Gasteiger partial charge in [0.15, 0.2) is 0 Å². The number of hydrogen-bond donors (Lipinski definition) is 0. The molecule has 2 bridgehead atoms. The molecule has 3 aliphatic rings. The van der Waals surface area contributed by atoms with Crippen LogP contribution in [0.4, 0.5) is 0 Å². The molecule has 2 heterocycles. The summed E-state index contributed by atoms with van der Waals surface area (Å²) in [5.41, 5.74) is 0. The van der Waals surface area contributed by atoms with Gasteiger partial charge in [-0.15, -0.1) is 0 Å². The van der Waals surface area contributed by atoms with E-state index >= 15 is 0 Å². The molecule has 0 N–H and O–H groups in total. The summed E-state index contributed by atoms with van der Waals surface area (Å²) < 4.78 is 0. The first-order chi connectivity index (χ1) is 8.93. The summed E-state index contributed by atoms with van der Waals surface area (Å²) in [4.78, 5) is 0. The summed E-state index contributed by atoms with van der Waals surface area (Å²) in [6.45, 7) is 1.15. The Balaban J connectivity index is 1.56. The Morgan fingerprint density at radius 3 is 1.61 bits per heavy atom. The summed E-state index contributed by atoms with van der Waals surface area (Å²) >= 11 is 0. The van der Waals surface area contributed by atoms with E-state index in [4.69, 9.17) is 0 Å². The van der Waals surface area contributed by atoms with Gasteiger partial charge in [-0.25, -0.2) is 0 Å². The van der Waals surface area contributed by atoms with E-state index in [2.05, 4.69) is 0 Å². The fourth-order valence-electron chi connectivity index (χ4n) is 5.36. The van der Waals surface area contributed by atoms with Gasteiger partial charge in [-0.2, -0.15) is 0 Å². The Labute approximate surface area is 114 Å². The van der Waals surface area contributed by atoms with E-state index in [1.807, 2.05) is 0 Å². The lowest BCUT2D eigenvalue weighted by atomic mass is 9.25. The molecule has 3 fully saturated rings. The van der Waals surface area contributed by atoms with Gasteiger partial charge in [0.2, 0.25) is 0 Å². The van der Waals surface area contributed by atoms with E-state index in [1.54, 1.807) is 57.7 Å². The van der Waals surface area contributed by atoms with Gasteiger partial charge in [-0.3, -0.25) is 0 Å². The molecule has 1 heteroatoms. The predicted molar refractivity (Wildman–Crippen MR) is 81.6 cm³/mol. The number of hydrogen-bond acceptors (Lipinski definition) is 0. The van der Waals surface area contributed by atoms with Gasteiger partial charge in [-0.1, -0.05) is 101 Å². The van der Waals surface area contributed by atoms with Gasteiger partial charge < -0.3 is 0 Å². The average Bonchev–Trinajstić information content (AvgIpc) is 2.32. The Morgan fingerprint density at radius 1 is 0.556 bits per heavy atom. The van der Waals surface area contributed by atoms with Crippen LogP contribution in [0.1, 0.15) is 83.5 Å². The second-order valence-corrected chi connectivity index (χ2v) is 7.49. The highest BCUT2D eigenvalue weighted by Crippen LogP contribution is 2.49. The maximum absolute atomic E-state index is 1.62. The molecule has 0 aromatic carbocycles. The molecule has 2 saturated heterocycles. The van der Waals surface area contributed by atoms with Crippen LogP contribution in [0, 0.1) is 5.92 Å². The first-order valence-electron chi connectivity index (χ1n) is 8.93. The van der Waals surface area contributed by atoms with Crippen LogP contribution in [0.2, 0.25) is 18.0 Å². The van der Waals surface area contributed by atoms with Crippen LogP contribution in [-0.2, 0) is 0 Å². The van der Waals surface area contributed by atoms with Crippen molar-refractivity contribution in [2.24, 2.45) is 5.92 Å². The minimum Gasteiger partial charge on any atom is -0.0708 e. The minimum absolute atomic E-state index is 1.11. The van der Waals surface area contributed by atoms with Crippen LogP contribution in [0.25, 0.3) is 0 Å². The molecule has 0 amide bonds. The number of fused-ring (bicyclic) bond motifs is 2. The van der Waals surface area contributed by atoms with E-state index in [9.17, 15) is 0 Å². The van der Waals surface area contributed by atoms with Crippen LogP contribution in [-0.4, -0.2) is 6.71 Å². The predicted octanol–water partition coefficient (Wildman–Crippen LogP) is 5.95. The fourth-order valence-corrected chi connectivity index (χ4v) is 5.36. The third-order valence-corrected chi connectivity index (χ3v) is 6.34. The SMILES string of the molecule is C1CCCC(CB2C3CCCC2CCC3)CCC1. The molecule has 0 aromatic rings. The molecule has 18 heavy (non-hydrogen) atoms. The van der Waals surface area contributed by atoms with Crippen molar-refractivity contribution in [1.82, 2.24) is 0 Å². The molecular formula is C17H31B. The van der Waals surface area contributed by atoms with E-state index in [1.165, 1.54) is 32.1 Å². The van der Waals surface area contributed by atoms with Gasteiger partial charge in [-0.05, 0) is 5.92 Å². The van der Waals surface area contributed by atoms with Crippen molar-refractivity contribution >= 4 is 6.71 Å². The lowest BCUT2D eigenvalue weighted by molar-refractivity contribution is 0.385. The molecule has 0 aromatic heterocycles. The summed E-state index contributed by atoms with van der Waals surface area (Å²) in [6.07, 6.45) is 21.8. The first kappa shape index (κ1) is 13.1. The Kier molecular flexibility index (Phi) is 4.71. The van der Waals surface area contributed by atoms with Gasteiger partial charge in [0, 0.05) is 0 Å². The fraction of sp³-hybridized carbons (Fsp3) is 1.00. The summed E-state index contributed by atoms with van der Waals surface area (Å²) in [6, 6.07) is 0. The van der Waals surface area contributed by atoms with E-state index in [0.29, 0.717) is 0 Å². The highest BCUT2D eigenvalue weighted by Gasteiger charge is 2.39. The van der Waals surface area contributed by atoms with Crippen molar-refractivity contribution in [1.29, 1.82) is 0 Å². The van der Waals surface area contributed by atoms with Gasteiger partial charge in [0.05, 0.1) is 0 Å². The van der Waals surface area contributed by atoms with Gasteiger partial charge in [0.1, 0.15) is 6.71 Å². The molecule has 0 nitrogen and oxygen atoms in total. The lowest BCUT2D eigenvalue weighted by Gasteiger charge is -2.42. The minimum atomic E-state index is 1.11. The van der Waals surface area contributed by atoms with Crippen LogP contribution < -0.4 is 0 Å². The van der Waals surface area contributed by atoms with Crippen LogP contribution in [0.15, 0.2) is 0 Å². The Hall–Kier alpha value is 0.0649. The van der Waals surface area contributed by atoms with Crippen LogP contribution in [0.5, 0.6) is 0 Å². The third-order valence-electron chi connectivity index (χ3n) is 6.34. The monoisotopic (exact) mass is 246 g/mol. The largest absolute Gasteiger partial charge is 0.146 e. The lowest BCUT2D eigenvalue weighted by Crippen LogP contribution is -2.36. The molecule has 1 saturated carbocycles. The van der Waals surface area contributed by atoms with E-state index in [-0.39, 0.29) is 0 Å². The highest BCUT2D eigenvalue weighted by atomic mass is 14.3. The molecular weight excluding hydrogens is 215 g/mol. The van der Waals surface area contributed by atoms with Crippen LogP contribution >= 0.6 is 0 Å². The van der Waals surface area contributed by atoms with E-state index in [0.717, 1.165) is 24.3 Å². The molecule has 2 aliphatic heterocycles. The number of rotatable bonds is 2. The zero-order valence-electron chi connectivity index (χ0n) is 12.2. The quantitative estimate of drug-likeness (QED) is 0.528. The second-order valence-electron chi connectivity index (χ2n) is 7.49. The van der Waals surface area contributed by atoms with Crippen molar-refractivity contribution < 1.29 is 0 Å². The highest BCUT2D eigenvalue weighted by molar-refractivity contribution is 6.62. The Morgan fingerprint density at radius 2 is 1.06 bits per heavy atom. The molecule has 3 rings (SSSR count). The second kappa shape index (κ2) is 6.48. The summed E-state index contributed by atoms with van der Waals surface area (Å²) in [5.74, 6) is 3.39. The normalized spacial score (nSPS) is 35.0. The molecule has 0 radical (unpaired) electrons. The van der Waals surface area contributed by atoms with Crippen molar-refractivity contribution in [3.8, 4) is 0 Å². The van der Waals surface area contributed by atoms with Gasteiger partial charge >= 0.3 is 0 Å². The molecule has 0 spiro atoms. The van der Waals surface area contributed by atoms with Crippen molar-refractivity contribution in [2.75, 3.05) is 0 Å². The smallest absolute Gasteiger partial charge is 0.0708 e. The molecule has 102 valence electrons. The average molecular weight is 246 g/mol. The summed E-state index contributed by atoms with van der Waals surface area (Å²) in [5, 5.41) is 0. The maximum atomic E-state index is 1.62. The molecule has 0 unspecified atom stereocenters. The van der Waals surface area contributed by atoms with Crippen molar-refractivity contribution in [3.63, 3.8) is 0 Å². The van der Waals surface area contributed by atoms with E-state index < -0.39 is 0 Å². The van der Waals surface area contributed by atoms with Crippen molar-refractivity contribution in [2.45, 2.75) is 101 Å². The zero-order chi connectivity index (χ0) is 12.2. The summed E-state index contributed by atoms with van der Waals surface area (Å²) in [7, 11) is 0. The molecule has 0 atom stereocenters. The third kappa shape index (κ3) is 3.14. The zero-order valence-corrected chi connectivity index (χ0v) is 12.2. The van der Waals surface area contributed by atoms with Crippen LogP contribution in [0.3, 0.4) is 0 Å². The maximum Gasteiger partial charge on any atom is 0.146 e. The van der Waals surface area contributed by atoms with Crippen molar-refractivity contribution in [3.05, 3.63) is 0 Å².